The molecular formula is C12H16N2O4. The van der Waals surface area contributed by atoms with Crippen molar-refractivity contribution in [2.75, 3.05) is 20.1 Å². The molecule has 0 saturated carbocycles. The van der Waals surface area contributed by atoms with Crippen molar-refractivity contribution in [3.05, 3.63) is 36.8 Å². The van der Waals surface area contributed by atoms with Gasteiger partial charge in [0.25, 0.3) is 0 Å². The number of furan rings is 1. The molecule has 0 aromatic carbocycles. The molecule has 0 atom stereocenters. The van der Waals surface area contributed by atoms with Gasteiger partial charge in [-0.05, 0) is 12.1 Å². The second kappa shape index (κ2) is 6.48. The first kappa shape index (κ1) is 13.8. The normalized spacial score (nSPS) is 9.83. The quantitative estimate of drug-likeness (QED) is 0.777. The zero-order chi connectivity index (χ0) is 13.5. The van der Waals surface area contributed by atoms with E-state index < -0.39 is 5.97 Å². The van der Waals surface area contributed by atoms with E-state index in [2.05, 4.69) is 6.58 Å². The third kappa shape index (κ3) is 3.97. The lowest BCUT2D eigenvalue weighted by Crippen LogP contribution is -2.43. The second-order valence-corrected chi connectivity index (χ2v) is 3.78. The summed E-state index contributed by atoms with van der Waals surface area (Å²) in [5, 5.41) is 8.73. The van der Waals surface area contributed by atoms with Gasteiger partial charge < -0.3 is 19.3 Å². The molecule has 0 aliphatic heterocycles. The van der Waals surface area contributed by atoms with Crippen LogP contribution in [0.15, 0.2) is 35.5 Å². The van der Waals surface area contributed by atoms with Crippen LogP contribution in [0.3, 0.4) is 0 Å². The Morgan fingerprint density at radius 2 is 2.28 bits per heavy atom. The van der Waals surface area contributed by atoms with E-state index in [-0.39, 0.29) is 19.1 Å². The summed E-state index contributed by atoms with van der Waals surface area (Å²) in [4.78, 5) is 25.2. The lowest BCUT2D eigenvalue weighted by molar-refractivity contribution is -0.137. The molecule has 0 radical (unpaired) electrons. The van der Waals surface area contributed by atoms with E-state index in [9.17, 15) is 9.59 Å². The van der Waals surface area contributed by atoms with Gasteiger partial charge in [0.15, 0.2) is 0 Å². The van der Waals surface area contributed by atoms with Crippen molar-refractivity contribution in [1.82, 2.24) is 9.80 Å². The van der Waals surface area contributed by atoms with Gasteiger partial charge in [-0.15, -0.1) is 6.58 Å². The lowest BCUT2D eigenvalue weighted by Gasteiger charge is -2.25. The number of carbonyl (C=O) groups excluding carboxylic acids is 1. The zero-order valence-electron chi connectivity index (χ0n) is 10.2. The smallest absolute Gasteiger partial charge is 0.323 e. The van der Waals surface area contributed by atoms with Gasteiger partial charge in [0.05, 0.1) is 12.8 Å². The van der Waals surface area contributed by atoms with E-state index >= 15 is 0 Å². The minimum atomic E-state index is -1.06. The molecule has 98 valence electrons. The minimum Gasteiger partial charge on any atom is -0.480 e. The molecule has 0 bridgehead atoms. The van der Waals surface area contributed by atoms with E-state index in [0.717, 1.165) is 0 Å². The number of amides is 2. The average molecular weight is 252 g/mol. The van der Waals surface area contributed by atoms with Crippen molar-refractivity contribution in [3.8, 4) is 0 Å². The van der Waals surface area contributed by atoms with Crippen LogP contribution >= 0.6 is 0 Å². The van der Waals surface area contributed by atoms with Crippen molar-refractivity contribution < 1.29 is 19.1 Å². The zero-order valence-corrected chi connectivity index (χ0v) is 10.2. The van der Waals surface area contributed by atoms with Crippen molar-refractivity contribution in [1.29, 1.82) is 0 Å². The fourth-order valence-corrected chi connectivity index (χ4v) is 1.47. The molecule has 2 amide bonds. The number of urea groups is 1. The van der Waals surface area contributed by atoms with Gasteiger partial charge in [0, 0.05) is 13.6 Å². The largest absolute Gasteiger partial charge is 0.480 e. The summed E-state index contributed by atoms with van der Waals surface area (Å²) in [5.74, 6) is -0.420. The summed E-state index contributed by atoms with van der Waals surface area (Å²) in [6, 6.07) is 3.10. The van der Waals surface area contributed by atoms with Crippen molar-refractivity contribution in [3.63, 3.8) is 0 Å². The number of carboxylic acids is 1. The Labute approximate surface area is 105 Å². The van der Waals surface area contributed by atoms with Crippen LogP contribution in [0.5, 0.6) is 0 Å². The molecule has 1 N–H and O–H groups in total. The first-order valence-corrected chi connectivity index (χ1v) is 5.39. The minimum absolute atomic E-state index is 0.188. The highest BCUT2D eigenvalue weighted by molar-refractivity contribution is 5.80. The van der Waals surface area contributed by atoms with Crippen LogP contribution in [-0.4, -0.2) is 47.0 Å². The molecule has 0 fully saturated rings. The van der Waals surface area contributed by atoms with E-state index in [1.807, 2.05) is 0 Å². The summed E-state index contributed by atoms with van der Waals surface area (Å²) in [6.45, 7) is 3.63. The number of nitrogens with zero attached hydrogens (tertiary/aromatic N) is 2. The maximum Gasteiger partial charge on any atom is 0.323 e. The Bertz CT molecular complexity index is 414. The molecule has 6 heteroatoms. The Morgan fingerprint density at radius 1 is 1.56 bits per heavy atom. The molecule has 1 aromatic rings. The summed E-state index contributed by atoms with van der Waals surface area (Å²) in [6.07, 6.45) is 3.01. The van der Waals surface area contributed by atoms with Crippen molar-refractivity contribution in [2.24, 2.45) is 0 Å². The molecule has 1 heterocycles. The van der Waals surface area contributed by atoms with Crippen LogP contribution in [0.4, 0.5) is 4.79 Å². The molecular weight excluding hydrogens is 236 g/mol. The molecule has 1 rings (SSSR count). The predicted molar refractivity (Wildman–Crippen MR) is 65.0 cm³/mol. The topological polar surface area (TPSA) is 74.0 Å². The van der Waals surface area contributed by atoms with E-state index in [1.54, 1.807) is 19.2 Å². The van der Waals surface area contributed by atoms with E-state index in [1.165, 1.54) is 22.1 Å². The number of aliphatic carboxylic acids is 1. The van der Waals surface area contributed by atoms with Gasteiger partial charge in [-0.25, -0.2) is 4.79 Å². The van der Waals surface area contributed by atoms with Gasteiger partial charge in [0.1, 0.15) is 12.3 Å². The fraction of sp³-hybridized carbons (Fsp3) is 0.333. The SMILES string of the molecule is C=CCN(CC(=O)O)C(=O)N(C)Cc1ccco1. The highest BCUT2D eigenvalue weighted by Gasteiger charge is 2.19. The maximum absolute atomic E-state index is 12.0. The lowest BCUT2D eigenvalue weighted by atomic mass is 10.4. The third-order valence-electron chi connectivity index (χ3n) is 2.25. The van der Waals surface area contributed by atoms with Crippen LogP contribution in [0.25, 0.3) is 0 Å². The third-order valence-corrected chi connectivity index (χ3v) is 2.25. The van der Waals surface area contributed by atoms with Crippen LogP contribution in [0.2, 0.25) is 0 Å². The highest BCUT2D eigenvalue weighted by Crippen LogP contribution is 2.06. The first-order valence-electron chi connectivity index (χ1n) is 5.39. The van der Waals surface area contributed by atoms with E-state index in [4.69, 9.17) is 9.52 Å². The summed E-state index contributed by atoms with van der Waals surface area (Å²) in [5.41, 5.74) is 0. The van der Waals surface area contributed by atoms with Gasteiger partial charge in [-0.3, -0.25) is 4.79 Å². The van der Waals surface area contributed by atoms with Crippen LogP contribution in [0.1, 0.15) is 5.76 Å². The first-order chi connectivity index (χ1) is 8.54. The number of rotatable bonds is 6. The number of carboxylic acid groups (broad SMARTS) is 1. The molecule has 1 aromatic heterocycles. The second-order valence-electron chi connectivity index (χ2n) is 3.78. The maximum atomic E-state index is 12.0. The molecule has 6 nitrogen and oxygen atoms in total. The molecule has 0 aliphatic carbocycles. The van der Waals surface area contributed by atoms with Gasteiger partial charge in [-0.2, -0.15) is 0 Å². The van der Waals surface area contributed by atoms with Crippen molar-refractivity contribution >= 4 is 12.0 Å². The molecule has 0 aliphatic rings. The highest BCUT2D eigenvalue weighted by atomic mass is 16.4. The summed E-state index contributed by atoms with van der Waals surface area (Å²) >= 11 is 0. The fourth-order valence-electron chi connectivity index (χ4n) is 1.47. The number of hydrogen-bond donors (Lipinski definition) is 1. The molecule has 18 heavy (non-hydrogen) atoms. The van der Waals surface area contributed by atoms with Gasteiger partial charge in [-0.1, -0.05) is 6.08 Å². The van der Waals surface area contributed by atoms with Crippen LogP contribution in [0, 0.1) is 0 Å². The molecule has 0 unspecified atom stereocenters. The Morgan fingerprint density at radius 3 is 2.78 bits per heavy atom. The molecule has 0 saturated heterocycles. The van der Waals surface area contributed by atoms with Crippen LogP contribution < -0.4 is 0 Å². The number of carbonyl (C=O) groups is 2. The summed E-state index contributed by atoms with van der Waals surface area (Å²) < 4.78 is 5.13. The van der Waals surface area contributed by atoms with Gasteiger partial charge in [0.2, 0.25) is 0 Å². The standard InChI is InChI=1S/C12H16N2O4/c1-3-6-14(9-11(15)16)12(17)13(2)8-10-5-4-7-18-10/h3-5,7H,1,6,8-9H2,2H3,(H,15,16). The predicted octanol–water partition coefficient (Wildman–Crippen LogP) is 1.40. The summed E-state index contributed by atoms with van der Waals surface area (Å²) in [7, 11) is 1.59. The average Bonchev–Trinajstić information content (AvgIpc) is 2.79. The van der Waals surface area contributed by atoms with Crippen molar-refractivity contribution in [2.45, 2.75) is 6.54 Å². The van der Waals surface area contributed by atoms with Gasteiger partial charge >= 0.3 is 12.0 Å². The number of hydrogen-bond acceptors (Lipinski definition) is 3. The Kier molecular flexibility index (Phi) is 4.98. The van der Waals surface area contributed by atoms with E-state index in [0.29, 0.717) is 12.3 Å². The van der Waals surface area contributed by atoms with Crippen LogP contribution in [-0.2, 0) is 11.3 Å². The molecule has 0 spiro atoms. The Hall–Kier alpha value is -2.24. The Balaban J connectivity index is 2.63. The monoisotopic (exact) mass is 252 g/mol.